The SMILES string of the molecule is CC(NC1CCC(=O)NC1=O)c1ccc(F)cc1Br. The predicted octanol–water partition coefficient (Wildman–Crippen LogP) is 2.04. The first-order valence-corrected chi connectivity index (χ1v) is 6.81. The van der Waals surface area contributed by atoms with E-state index >= 15 is 0 Å². The molecule has 0 aromatic heterocycles. The highest BCUT2D eigenvalue weighted by atomic mass is 79.9. The molecular weight excluding hydrogens is 315 g/mol. The first-order chi connectivity index (χ1) is 8.97. The van der Waals surface area contributed by atoms with Crippen molar-refractivity contribution >= 4 is 27.7 Å². The summed E-state index contributed by atoms with van der Waals surface area (Å²) in [5, 5.41) is 5.45. The second kappa shape index (κ2) is 5.79. The Morgan fingerprint density at radius 3 is 2.84 bits per heavy atom. The molecule has 2 atom stereocenters. The fourth-order valence-electron chi connectivity index (χ4n) is 2.10. The molecule has 6 heteroatoms. The van der Waals surface area contributed by atoms with Crippen molar-refractivity contribution in [1.29, 1.82) is 0 Å². The monoisotopic (exact) mass is 328 g/mol. The second-order valence-corrected chi connectivity index (χ2v) is 5.41. The lowest BCUT2D eigenvalue weighted by Gasteiger charge is -2.26. The lowest BCUT2D eigenvalue weighted by molar-refractivity contribution is -0.134. The molecule has 0 spiro atoms. The van der Waals surface area contributed by atoms with Crippen LogP contribution in [0.4, 0.5) is 4.39 Å². The summed E-state index contributed by atoms with van der Waals surface area (Å²) in [4.78, 5) is 22.7. The van der Waals surface area contributed by atoms with Crippen LogP contribution in [0, 0.1) is 5.82 Å². The number of halogens is 2. The number of hydrogen-bond acceptors (Lipinski definition) is 3. The molecule has 1 aromatic rings. The smallest absolute Gasteiger partial charge is 0.243 e. The number of rotatable bonds is 3. The first kappa shape index (κ1) is 14.1. The van der Waals surface area contributed by atoms with Crippen molar-refractivity contribution in [2.24, 2.45) is 0 Å². The highest BCUT2D eigenvalue weighted by Gasteiger charge is 2.28. The summed E-state index contributed by atoms with van der Waals surface area (Å²) < 4.78 is 13.7. The summed E-state index contributed by atoms with van der Waals surface area (Å²) in [5.74, 6) is -0.858. The minimum Gasteiger partial charge on any atom is -0.299 e. The molecule has 2 amide bonds. The van der Waals surface area contributed by atoms with Crippen LogP contribution in [-0.4, -0.2) is 17.9 Å². The van der Waals surface area contributed by atoms with Crippen LogP contribution in [0.5, 0.6) is 0 Å². The number of imide groups is 1. The Morgan fingerprint density at radius 2 is 2.21 bits per heavy atom. The van der Waals surface area contributed by atoms with Crippen LogP contribution in [0.25, 0.3) is 0 Å². The van der Waals surface area contributed by atoms with E-state index in [2.05, 4.69) is 26.6 Å². The fraction of sp³-hybridized carbons (Fsp3) is 0.385. The Morgan fingerprint density at radius 1 is 1.47 bits per heavy atom. The normalized spacial score (nSPS) is 21.1. The Labute approximate surface area is 118 Å². The van der Waals surface area contributed by atoms with Gasteiger partial charge in [0.15, 0.2) is 0 Å². The Bertz CT molecular complexity index is 521. The van der Waals surface area contributed by atoms with Gasteiger partial charge in [-0.2, -0.15) is 0 Å². The Kier molecular flexibility index (Phi) is 4.31. The number of carbonyl (C=O) groups excluding carboxylic acids is 2. The first-order valence-electron chi connectivity index (χ1n) is 6.02. The van der Waals surface area contributed by atoms with Crippen molar-refractivity contribution in [3.05, 3.63) is 34.1 Å². The van der Waals surface area contributed by atoms with Crippen molar-refractivity contribution in [3.8, 4) is 0 Å². The molecule has 0 bridgehead atoms. The van der Waals surface area contributed by atoms with Gasteiger partial charge in [-0.15, -0.1) is 0 Å². The van der Waals surface area contributed by atoms with E-state index < -0.39 is 6.04 Å². The van der Waals surface area contributed by atoms with Gasteiger partial charge in [0, 0.05) is 16.9 Å². The third-order valence-corrected chi connectivity index (χ3v) is 3.81. The molecule has 2 rings (SSSR count). The number of hydrogen-bond donors (Lipinski definition) is 2. The molecule has 19 heavy (non-hydrogen) atoms. The molecule has 2 unspecified atom stereocenters. The van der Waals surface area contributed by atoms with Gasteiger partial charge in [0.2, 0.25) is 11.8 Å². The number of piperidine rings is 1. The van der Waals surface area contributed by atoms with E-state index in [1.165, 1.54) is 12.1 Å². The summed E-state index contributed by atoms with van der Waals surface area (Å²) in [6.45, 7) is 1.89. The van der Waals surface area contributed by atoms with E-state index in [4.69, 9.17) is 0 Å². The molecule has 1 saturated heterocycles. The van der Waals surface area contributed by atoms with Gasteiger partial charge in [-0.3, -0.25) is 20.2 Å². The molecule has 2 N–H and O–H groups in total. The molecule has 1 heterocycles. The largest absolute Gasteiger partial charge is 0.299 e. The second-order valence-electron chi connectivity index (χ2n) is 4.56. The molecule has 1 aliphatic heterocycles. The minimum atomic E-state index is -0.398. The van der Waals surface area contributed by atoms with Gasteiger partial charge in [-0.25, -0.2) is 4.39 Å². The van der Waals surface area contributed by atoms with E-state index in [-0.39, 0.29) is 23.7 Å². The zero-order chi connectivity index (χ0) is 14.0. The van der Waals surface area contributed by atoms with Crippen LogP contribution in [0.3, 0.4) is 0 Å². The standard InChI is InChI=1S/C13H14BrFN2O2/c1-7(9-3-2-8(15)6-10(9)14)16-11-4-5-12(18)17-13(11)19/h2-3,6-7,11,16H,4-5H2,1H3,(H,17,18,19). The van der Waals surface area contributed by atoms with Crippen LogP contribution in [0.1, 0.15) is 31.4 Å². The maximum absolute atomic E-state index is 13.0. The van der Waals surface area contributed by atoms with Gasteiger partial charge in [-0.05, 0) is 31.0 Å². The molecular formula is C13H14BrFN2O2. The Hall–Kier alpha value is -1.27. The van der Waals surface area contributed by atoms with Gasteiger partial charge in [-0.1, -0.05) is 22.0 Å². The molecule has 0 saturated carbocycles. The maximum atomic E-state index is 13.0. The van der Waals surface area contributed by atoms with Crippen molar-refractivity contribution in [1.82, 2.24) is 10.6 Å². The lowest BCUT2D eigenvalue weighted by Crippen LogP contribution is -2.51. The number of carbonyl (C=O) groups is 2. The number of amides is 2. The van der Waals surface area contributed by atoms with Gasteiger partial charge in [0.05, 0.1) is 6.04 Å². The van der Waals surface area contributed by atoms with E-state index in [1.54, 1.807) is 6.07 Å². The van der Waals surface area contributed by atoms with Crippen LogP contribution in [0.2, 0.25) is 0 Å². The van der Waals surface area contributed by atoms with Crippen molar-refractivity contribution < 1.29 is 14.0 Å². The van der Waals surface area contributed by atoms with Gasteiger partial charge in [0.1, 0.15) is 5.82 Å². The third-order valence-electron chi connectivity index (χ3n) is 3.12. The molecule has 1 aromatic carbocycles. The summed E-state index contributed by atoms with van der Waals surface area (Å²) in [6.07, 6.45) is 0.814. The van der Waals surface area contributed by atoms with Gasteiger partial charge >= 0.3 is 0 Å². The molecule has 1 aliphatic rings. The summed E-state index contributed by atoms with van der Waals surface area (Å²) in [6, 6.07) is 3.91. The number of nitrogens with one attached hydrogen (secondary N) is 2. The van der Waals surface area contributed by atoms with E-state index in [0.29, 0.717) is 17.3 Å². The van der Waals surface area contributed by atoms with Crippen molar-refractivity contribution in [2.75, 3.05) is 0 Å². The zero-order valence-electron chi connectivity index (χ0n) is 10.4. The van der Waals surface area contributed by atoms with E-state index in [1.807, 2.05) is 6.92 Å². The molecule has 1 fully saturated rings. The lowest BCUT2D eigenvalue weighted by atomic mass is 10.0. The third kappa shape index (κ3) is 3.39. The minimum absolute atomic E-state index is 0.126. The summed E-state index contributed by atoms with van der Waals surface area (Å²) >= 11 is 3.30. The van der Waals surface area contributed by atoms with Crippen LogP contribution in [-0.2, 0) is 9.59 Å². The quantitative estimate of drug-likeness (QED) is 0.835. The average Bonchev–Trinajstić information content (AvgIpc) is 2.32. The van der Waals surface area contributed by atoms with E-state index in [9.17, 15) is 14.0 Å². The zero-order valence-corrected chi connectivity index (χ0v) is 12.0. The highest BCUT2D eigenvalue weighted by Crippen LogP contribution is 2.25. The highest BCUT2D eigenvalue weighted by molar-refractivity contribution is 9.10. The maximum Gasteiger partial charge on any atom is 0.243 e. The van der Waals surface area contributed by atoms with Crippen LogP contribution < -0.4 is 10.6 Å². The molecule has 102 valence electrons. The summed E-state index contributed by atoms with van der Waals surface area (Å²) in [7, 11) is 0. The predicted molar refractivity (Wildman–Crippen MR) is 71.8 cm³/mol. The number of benzene rings is 1. The van der Waals surface area contributed by atoms with Crippen LogP contribution in [0.15, 0.2) is 22.7 Å². The summed E-state index contributed by atoms with van der Waals surface area (Å²) in [5.41, 5.74) is 0.867. The molecule has 0 radical (unpaired) electrons. The van der Waals surface area contributed by atoms with Gasteiger partial charge in [0.25, 0.3) is 0 Å². The average molecular weight is 329 g/mol. The fourth-order valence-corrected chi connectivity index (χ4v) is 2.79. The van der Waals surface area contributed by atoms with Crippen molar-refractivity contribution in [3.63, 3.8) is 0 Å². The van der Waals surface area contributed by atoms with Crippen molar-refractivity contribution in [2.45, 2.75) is 31.8 Å². The Balaban J connectivity index is 2.06. The van der Waals surface area contributed by atoms with Crippen LogP contribution >= 0.6 is 15.9 Å². The topological polar surface area (TPSA) is 58.2 Å². The molecule has 0 aliphatic carbocycles. The molecule has 4 nitrogen and oxygen atoms in total. The van der Waals surface area contributed by atoms with E-state index in [0.717, 1.165) is 5.56 Å². The van der Waals surface area contributed by atoms with Gasteiger partial charge < -0.3 is 0 Å².